The standard InChI is InChI=1S/C20H25ClN4O/c1-3-15-8-4-5-9-16(15)14-25-20(22-2)24-13-12-23-19(26)17-10-6-7-11-18(17)21/h4-11H,3,12-14H2,1-2H3,(H,23,26)(H2,22,24,25). The van der Waals surface area contributed by atoms with E-state index in [2.05, 4.69) is 46.1 Å². The third-order valence-corrected chi connectivity index (χ3v) is 4.32. The number of benzene rings is 2. The van der Waals surface area contributed by atoms with Gasteiger partial charge in [-0.15, -0.1) is 0 Å². The van der Waals surface area contributed by atoms with Crippen LogP contribution in [0.5, 0.6) is 0 Å². The molecule has 0 aliphatic carbocycles. The number of amides is 1. The van der Waals surface area contributed by atoms with E-state index in [0.717, 1.165) is 6.42 Å². The minimum absolute atomic E-state index is 0.183. The molecular weight excluding hydrogens is 348 g/mol. The lowest BCUT2D eigenvalue weighted by Crippen LogP contribution is -2.41. The van der Waals surface area contributed by atoms with E-state index in [1.54, 1.807) is 31.3 Å². The second-order valence-corrected chi connectivity index (χ2v) is 6.12. The monoisotopic (exact) mass is 372 g/mol. The van der Waals surface area contributed by atoms with E-state index in [-0.39, 0.29) is 5.91 Å². The number of aryl methyl sites for hydroxylation is 1. The third kappa shape index (κ3) is 5.77. The molecule has 0 aliphatic rings. The van der Waals surface area contributed by atoms with Gasteiger partial charge in [-0.25, -0.2) is 0 Å². The molecule has 3 N–H and O–H groups in total. The summed E-state index contributed by atoms with van der Waals surface area (Å²) in [6.45, 7) is 3.88. The van der Waals surface area contributed by atoms with Gasteiger partial charge in [0, 0.05) is 26.7 Å². The Morgan fingerprint density at radius 1 is 0.962 bits per heavy atom. The van der Waals surface area contributed by atoms with Crippen molar-refractivity contribution in [1.82, 2.24) is 16.0 Å². The highest BCUT2D eigenvalue weighted by atomic mass is 35.5. The number of nitrogens with zero attached hydrogens (tertiary/aromatic N) is 1. The summed E-state index contributed by atoms with van der Waals surface area (Å²) in [4.78, 5) is 16.3. The fourth-order valence-electron chi connectivity index (χ4n) is 2.57. The quantitative estimate of drug-likeness (QED) is 0.397. The Kier molecular flexibility index (Phi) is 7.96. The summed E-state index contributed by atoms with van der Waals surface area (Å²) in [6, 6.07) is 15.3. The number of nitrogens with one attached hydrogen (secondary N) is 3. The van der Waals surface area contributed by atoms with Crippen molar-refractivity contribution in [2.24, 2.45) is 4.99 Å². The van der Waals surface area contributed by atoms with Crippen molar-refractivity contribution in [2.45, 2.75) is 19.9 Å². The zero-order chi connectivity index (χ0) is 18.8. The van der Waals surface area contributed by atoms with Crippen LogP contribution in [-0.2, 0) is 13.0 Å². The molecule has 0 aromatic heterocycles. The van der Waals surface area contributed by atoms with Gasteiger partial charge in [-0.2, -0.15) is 0 Å². The molecule has 6 heteroatoms. The third-order valence-electron chi connectivity index (χ3n) is 3.99. The van der Waals surface area contributed by atoms with Crippen molar-refractivity contribution < 1.29 is 4.79 Å². The number of aliphatic imine (C=N–C) groups is 1. The molecule has 2 rings (SSSR count). The van der Waals surface area contributed by atoms with Gasteiger partial charge in [0.2, 0.25) is 0 Å². The van der Waals surface area contributed by atoms with Crippen molar-refractivity contribution in [3.05, 3.63) is 70.2 Å². The van der Waals surface area contributed by atoms with Gasteiger partial charge in [0.25, 0.3) is 5.91 Å². The number of rotatable bonds is 7. The summed E-state index contributed by atoms with van der Waals surface area (Å²) in [5.74, 6) is 0.514. The molecule has 0 radical (unpaired) electrons. The average Bonchev–Trinajstić information content (AvgIpc) is 2.67. The predicted molar refractivity (Wildman–Crippen MR) is 108 cm³/mol. The van der Waals surface area contributed by atoms with Crippen molar-refractivity contribution >= 4 is 23.5 Å². The topological polar surface area (TPSA) is 65.5 Å². The fraction of sp³-hybridized carbons (Fsp3) is 0.300. The number of guanidine groups is 1. The molecule has 0 atom stereocenters. The second kappa shape index (κ2) is 10.5. The first-order valence-electron chi connectivity index (χ1n) is 8.69. The number of carbonyl (C=O) groups excluding carboxylic acids is 1. The molecule has 0 spiro atoms. The van der Waals surface area contributed by atoms with Gasteiger partial charge in [-0.1, -0.05) is 54.9 Å². The van der Waals surface area contributed by atoms with Crippen LogP contribution in [0.15, 0.2) is 53.5 Å². The average molecular weight is 373 g/mol. The highest BCUT2D eigenvalue weighted by Gasteiger charge is 2.08. The Hall–Kier alpha value is -2.53. The summed E-state index contributed by atoms with van der Waals surface area (Å²) in [7, 11) is 1.73. The van der Waals surface area contributed by atoms with E-state index in [1.807, 2.05) is 6.07 Å². The Morgan fingerprint density at radius 3 is 2.31 bits per heavy atom. The first kappa shape index (κ1) is 19.8. The van der Waals surface area contributed by atoms with E-state index in [9.17, 15) is 4.79 Å². The highest BCUT2D eigenvalue weighted by Crippen LogP contribution is 2.14. The lowest BCUT2D eigenvalue weighted by molar-refractivity contribution is 0.0954. The minimum Gasteiger partial charge on any atom is -0.355 e. The van der Waals surface area contributed by atoms with Crippen LogP contribution >= 0.6 is 11.6 Å². The van der Waals surface area contributed by atoms with Gasteiger partial charge in [0.15, 0.2) is 5.96 Å². The van der Waals surface area contributed by atoms with Crippen molar-refractivity contribution in [1.29, 1.82) is 0 Å². The summed E-state index contributed by atoms with van der Waals surface area (Å²) in [5, 5.41) is 9.78. The molecule has 0 heterocycles. The number of halogens is 1. The molecule has 0 unspecified atom stereocenters. The van der Waals surface area contributed by atoms with Crippen LogP contribution in [0.3, 0.4) is 0 Å². The predicted octanol–water partition coefficient (Wildman–Crippen LogP) is 3.00. The Bertz CT molecular complexity index is 761. The lowest BCUT2D eigenvalue weighted by Gasteiger charge is -2.14. The zero-order valence-corrected chi connectivity index (χ0v) is 15.9. The molecule has 0 saturated heterocycles. The molecule has 0 bridgehead atoms. The first-order valence-corrected chi connectivity index (χ1v) is 9.07. The number of hydrogen-bond donors (Lipinski definition) is 3. The molecule has 5 nitrogen and oxygen atoms in total. The molecular formula is C20H25ClN4O. The largest absolute Gasteiger partial charge is 0.355 e. The van der Waals surface area contributed by atoms with Crippen molar-refractivity contribution in [3.8, 4) is 0 Å². The van der Waals surface area contributed by atoms with Crippen LogP contribution < -0.4 is 16.0 Å². The molecule has 0 saturated carbocycles. The van der Waals surface area contributed by atoms with Crippen LogP contribution in [0, 0.1) is 0 Å². The summed E-state index contributed by atoms with van der Waals surface area (Å²) in [5.41, 5.74) is 3.06. The normalized spacial score (nSPS) is 11.1. The SMILES string of the molecule is CCc1ccccc1CNC(=NC)NCCNC(=O)c1ccccc1Cl. The van der Waals surface area contributed by atoms with Crippen molar-refractivity contribution in [2.75, 3.05) is 20.1 Å². The van der Waals surface area contributed by atoms with Crippen LogP contribution in [0.2, 0.25) is 5.02 Å². The van der Waals surface area contributed by atoms with E-state index in [1.165, 1.54) is 11.1 Å². The van der Waals surface area contributed by atoms with Crippen LogP contribution in [0.4, 0.5) is 0 Å². The molecule has 138 valence electrons. The maximum atomic E-state index is 12.1. The van der Waals surface area contributed by atoms with E-state index in [4.69, 9.17) is 11.6 Å². The van der Waals surface area contributed by atoms with Gasteiger partial charge in [-0.3, -0.25) is 9.79 Å². The van der Waals surface area contributed by atoms with Gasteiger partial charge >= 0.3 is 0 Å². The lowest BCUT2D eigenvalue weighted by atomic mass is 10.1. The molecule has 0 aliphatic heterocycles. The molecule has 0 fully saturated rings. The van der Waals surface area contributed by atoms with Gasteiger partial charge in [0.05, 0.1) is 10.6 Å². The molecule has 26 heavy (non-hydrogen) atoms. The minimum atomic E-state index is -0.183. The van der Waals surface area contributed by atoms with E-state index in [0.29, 0.717) is 36.2 Å². The summed E-state index contributed by atoms with van der Waals surface area (Å²) < 4.78 is 0. The van der Waals surface area contributed by atoms with Crippen LogP contribution in [-0.4, -0.2) is 32.0 Å². The number of hydrogen-bond acceptors (Lipinski definition) is 2. The Labute approximate surface area is 159 Å². The van der Waals surface area contributed by atoms with Crippen LogP contribution in [0.1, 0.15) is 28.4 Å². The maximum Gasteiger partial charge on any atom is 0.252 e. The fourth-order valence-corrected chi connectivity index (χ4v) is 2.79. The summed E-state index contributed by atoms with van der Waals surface area (Å²) in [6.07, 6.45) is 0.998. The van der Waals surface area contributed by atoms with Gasteiger partial charge < -0.3 is 16.0 Å². The maximum absolute atomic E-state index is 12.1. The second-order valence-electron chi connectivity index (χ2n) is 5.71. The van der Waals surface area contributed by atoms with Crippen LogP contribution in [0.25, 0.3) is 0 Å². The zero-order valence-electron chi connectivity index (χ0n) is 15.2. The highest BCUT2D eigenvalue weighted by molar-refractivity contribution is 6.33. The number of carbonyl (C=O) groups is 1. The Balaban J connectivity index is 1.75. The van der Waals surface area contributed by atoms with Crippen molar-refractivity contribution in [3.63, 3.8) is 0 Å². The van der Waals surface area contributed by atoms with E-state index >= 15 is 0 Å². The summed E-state index contributed by atoms with van der Waals surface area (Å²) >= 11 is 6.02. The van der Waals surface area contributed by atoms with Gasteiger partial charge in [-0.05, 0) is 29.7 Å². The Morgan fingerprint density at radius 2 is 1.62 bits per heavy atom. The van der Waals surface area contributed by atoms with Gasteiger partial charge in [0.1, 0.15) is 0 Å². The smallest absolute Gasteiger partial charge is 0.252 e. The van der Waals surface area contributed by atoms with E-state index < -0.39 is 0 Å². The molecule has 2 aromatic carbocycles. The first-order chi connectivity index (χ1) is 12.7. The molecule has 1 amide bonds. The molecule has 2 aromatic rings.